The molecule has 0 bridgehead atoms. The second-order valence-corrected chi connectivity index (χ2v) is 7.75. The second kappa shape index (κ2) is 6.44. The number of thiophene rings is 1. The molecule has 4 aromatic rings. The van der Waals surface area contributed by atoms with Crippen LogP contribution in [0.2, 0.25) is 0 Å². The molecule has 0 saturated carbocycles. The SMILES string of the molecule is COc1nsnc1-c1n[nH]c2c1C=CC(c1ccccc1)(c1ccsc1)C2. The van der Waals surface area contributed by atoms with Crippen molar-refractivity contribution in [3.63, 3.8) is 0 Å². The van der Waals surface area contributed by atoms with Crippen LogP contribution in [0.4, 0.5) is 0 Å². The summed E-state index contributed by atoms with van der Waals surface area (Å²) in [6.45, 7) is 0. The molecular formula is C20H16N4OS2. The zero-order valence-electron chi connectivity index (χ0n) is 14.5. The van der Waals surface area contributed by atoms with Crippen molar-refractivity contribution in [1.29, 1.82) is 0 Å². The third-order valence-corrected chi connectivity index (χ3v) is 6.27. The number of nitrogens with one attached hydrogen (secondary N) is 1. The summed E-state index contributed by atoms with van der Waals surface area (Å²) >= 11 is 2.86. The maximum atomic E-state index is 5.33. The Labute approximate surface area is 164 Å². The van der Waals surface area contributed by atoms with E-state index in [1.807, 2.05) is 0 Å². The normalized spacial score (nSPS) is 18.4. The molecule has 0 saturated heterocycles. The first-order chi connectivity index (χ1) is 13.3. The molecule has 1 aliphatic rings. The predicted molar refractivity (Wildman–Crippen MR) is 108 cm³/mol. The van der Waals surface area contributed by atoms with Gasteiger partial charge in [-0.2, -0.15) is 20.8 Å². The highest BCUT2D eigenvalue weighted by molar-refractivity contribution is 7.08. The highest BCUT2D eigenvalue weighted by Gasteiger charge is 2.37. The number of methoxy groups -OCH3 is 1. The third-order valence-electron chi connectivity index (χ3n) is 5.07. The van der Waals surface area contributed by atoms with Crippen LogP contribution < -0.4 is 4.74 Å². The molecule has 1 aromatic carbocycles. The summed E-state index contributed by atoms with van der Waals surface area (Å²) in [5.41, 5.74) is 5.99. The minimum atomic E-state index is -0.206. The molecule has 1 aliphatic carbocycles. The Balaban J connectivity index is 1.64. The average molecular weight is 393 g/mol. The fraction of sp³-hybridized carbons (Fsp3) is 0.150. The summed E-state index contributed by atoms with van der Waals surface area (Å²) in [4.78, 5) is 0. The third kappa shape index (κ3) is 2.54. The molecule has 7 heteroatoms. The van der Waals surface area contributed by atoms with E-state index in [-0.39, 0.29) is 5.41 Å². The van der Waals surface area contributed by atoms with Crippen molar-refractivity contribution in [2.45, 2.75) is 11.8 Å². The average Bonchev–Trinajstić information content (AvgIpc) is 3.47. The fourth-order valence-electron chi connectivity index (χ4n) is 3.72. The minimum Gasteiger partial charge on any atom is -0.479 e. The van der Waals surface area contributed by atoms with Crippen LogP contribution in [-0.4, -0.2) is 26.1 Å². The molecule has 0 radical (unpaired) electrons. The fourth-order valence-corrected chi connectivity index (χ4v) is 4.98. The largest absolute Gasteiger partial charge is 0.479 e. The van der Waals surface area contributed by atoms with Crippen molar-refractivity contribution in [3.05, 3.63) is 75.6 Å². The smallest absolute Gasteiger partial charge is 0.255 e. The van der Waals surface area contributed by atoms with Crippen LogP contribution >= 0.6 is 23.1 Å². The number of H-pyrrole nitrogens is 1. The van der Waals surface area contributed by atoms with Gasteiger partial charge in [0.05, 0.1) is 18.8 Å². The Morgan fingerprint density at radius 2 is 1.96 bits per heavy atom. The molecule has 3 aromatic heterocycles. The van der Waals surface area contributed by atoms with Crippen LogP contribution in [0.5, 0.6) is 5.88 Å². The van der Waals surface area contributed by atoms with E-state index >= 15 is 0 Å². The van der Waals surface area contributed by atoms with Crippen molar-refractivity contribution < 1.29 is 4.74 Å². The lowest BCUT2D eigenvalue weighted by Gasteiger charge is -2.33. The summed E-state index contributed by atoms with van der Waals surface area (Å²) in [6.07, 6.45) is 5.26. The highest BCUT2D eigenvalue weighted by Crippen LogP contribution is 2.44. The Bertz CT molecular complexity index is 1100. The molecule has 0 fully saturated rings. The van der Waals surface area contributed by atoms with Gasteiger partial charge in [-0.15, -0.1) is 4.37 Å². The number of aromatic amines is 1. The molecule has 5 nitrogen and oxygen atoms in total. The second-order valence-electron chi connectivity index (χ2n) is 6.45. The van der Waals surface area contributed by atoms with E-state index in [0.29, 0.717) is 11.6 Å². The van der Waals surface area contributed by atoms with E-state index in [0.717, 1.165) is 35.1 Å². The first kappa shape index (κ1) is 16.4. The number of ether oxygens (including phenoxy) is 1. The summed E-state index contributed by atoms with van der Waals surface area (Å²) in [5.74, 6) is 0.514. The van der Waals surface area contributed by atoms with E-state index in [1.165, 1.54) is 11.1 Å². The van der Waals surface area contributed by atoms with E-state index in [1.54, 1.807) is 18.4 Å². The van der Waals surface area contributed by atoms with Gasteiger partial charge in [0.15, 0.2) is 5.69 Å². The van der Waals surface area contributed by atoms with Gasteiger partial charge in [-0.25, -0.2) is 0 Å². The quantitative estimate of drug-likeness (QED) is 0.553. The van der Waals surface area contributed by atoms with Crippen LogP contribution in [-0.2, 0) is 11.8 Å². The topological polar surface area (TPSA) is 63.7 Å². The van der Waals surface area contributed by atoms with Gasteiger partial charge >= 0.3 is 0 Å². The molecule has 3 heterocycles. The van der Waals surface area contributed by atoms with Gasteiger partial charge in [-0.05, 0) is 28.0 Å². The number of fused-ring (bicyclic) bond motifs is 1. The van der Waals surface area contributed by atoms with Crippen molar-refractivity contribution in [1.82, 2.24) is 18.9 Å². The van der Waals surface area contributed by atoms with Crippen molar-refractivity contribution >= 4 is 29.1 Å². The van der Waals surface area contributed by atoms with E-state index < -0.39 is 0 Å². The molecule has 0 spiro atoms. The first-order valence-corrected chi connectivity index (χ1v) is 10.2. The Hall–Kier alpha value is -2.77. The number of aromatic nitrogens is 4. The maximum absolute atomic E-state index is 5.33. The van der Waals surface area contributed by atoms with Gasteiger partial charge < -0.3 is 4.74 Å². The Morgan fingerprint density at radius 3 is 2.74 bits per heavy atom. The molecule has 0 amide bonds. The van der Waals surface area contributed by atoms with Gasteiger partial charge in [0.2, 0.25) is 0 Å². The number of nitrogens with zero attached hydrogens (tertiary/aromatic N) is 3. The highest BCUT2D eigenvalue weighted by atomic mass is 32.1. The summed E-state index contributed by atoms with van der Waals surface area (Å²) in [5, 5.41) is 12.1. The maximum Gasteiger partial charge on any atom is 0.255 e. The number of allylic oxidation sites excluding steroid dienone is 1. The molecule has 5 rings (SSSR count). The van der Waals surface area contributed by atoms with Crippen LogP contribution in [0.25, 0.3) is 17.5 Å². The number of rotatable bonds is 4. The van der Waals surface area contributed by atoms with Gasteiger partial charge in [-0.1, -0.05) is 42.5 Å². The van der Waals surface area contributed by atoms with E-state index in [4.69, 9.17) is 4.74 Å². The van der Waals surface area contributed by atoms with Crippen LogP contribution in [0.3, 0.4) is 0 Å². The Kier molecular flexibility index (Phi) is 3.91. The van der Waals surface area contributed by atoms with Crippen LogP contribution in [0.15, 0.2) is 53.2 Å². The van der Waals surface area contributed by atoms with Gasteiger partial charge in [0.25, 0.3) is 5.88 Å². The monoisotopic (exact) mass is 392 g/mol. The van der Waals surface area contributed by atoms with Crippen molar-refractivity contribution in [3.8, 4) is 17.3 Å². The number of hydrogen-bond acceptors (Lipinski definition) is 6. The zero-order chi connectivity index (χ0) is 18.3. The molecule has 0 aliphatic heterocycles. The molecule has 1 atom stereocenters. The standard InChI is InChI=1S/C20H16N4OS2/c1-25-19-18(23-27-24-19)17-15-7-9-20(11-16(15)21-22-17,14-8-10-26-12-14)13-5-3-2-4-6-13/h2-10,12H,11H2,1H3,(H,21,22). The minimum absolute atomic E-state index is 0.206. The molecule has 1 unspecified atom stereocenters. The first-order valence-electron chi connectivity index (χ1n) is 8.53. The summed E-state index contributed by atoms with van der Waals surface area (Å²) in [6, 6.07) is 12.8. The Morgan fingerprint density at radius 1 is 1.07 bits per heavy atom. The lowest BCUT2D eigenvalue weighted by atomic mass is 9.69. The van der Waals surface area contributed by atoms with E-state index in [9.17, 15) is 0 Å². The number of hydrogen-bond donors (Lipinski definition) is 1. The molecular weight excluding hydrogens is 376 g/mol. The zero-order valence-corrected chi connectivity index (χ0v) is 16.2. The van der Waals surface area contributed by atoms with Gasteiger partial charge in [0.1, 0.15) is 5.69 Å². The van der Waals surface area contributed by atoms with Crippen LogP contribution in [0, 0.1) is 0 Å². The van der Waals surface area contributed by atoms with Crippen molar-refractivity contribution in [2.75, 3.05) is 7.11 Å². The molecule has 1 N–H and O–H groups in total. The number of benzene rings is 1. The van der Waals surface area contributed by atoms with Gasteiger partial charge in [-0.3, -0.25) is 5.10 Å². The molecule has 27 heavy (non-hydrogen) atoms. The lowest BCUT2D eigenvalue weighted by molar-refractivity contribution is 0.403. The van der Waals surface area contributed by atoms with Crippen LogP contribution in [0.1, 0.15) is 22.4 Å². The van der Waals surface area contributed by atoms with Gasteiger partial charge in [0, 0.05) is 23.1 Å². The predicted octanol–water partition coefficient (Wildman–Crippen LogP) is 4.55. The summed E-state index contributed by atoms with van der Waals surface area (Å²) in [7, 11) is 1.60. The van der Waals surface area contributed by atoms with E-state index in [2.05, 4.69) is 78.3 Å². The summed E-state index contributed by atoms with van der Waals surface area (Å²) < 4.78 is 13.9. The lowest BCUT2D eigenvalue weighted by Crippen LogP contribution is -2.30. The van der Waals surface area contributed by atoms with Crippen molar-refractivity contribution in [2.24, 2.45) is 0 Å². The molecule has 134 valence electrons.